The van der Waals surface area contributed by atoms with E-state index in [4.69, 9.17) is 11.6 Å². The van der Waals surface area contributed by atoms with E-state index in [9.17, 15) is 10.1 Å². The van der Waals surface area contributed by atoms with E-state index in [0.717, 1.165) is 37.4 Å². The SMILES string of the molecule is N#Cc1ccc(Cl)cc1NC(=O)CN1CCC(c2nnc3ccccn23)CC1. The Bertz CT molecular complexity index is 1050. The fourth-order valence-electron chi connectivity index (χ4n) is 3.60. The lowest BCUT2D eigenvalue weighted by Crippen LogP contribution is -2.39. The van der Waals surface area contributed by atoms with E-state index < -0.39 is 0 Å². The summed E-state index contributed by atoms with van der Waals surface area (Å²) in [5, 5.41) is 21.0. The summed E-state index contributed by atoms with van der Waals surface area (Å²) >= 11 is 5.97. The quantitative estimate of drug-likeness (QED) is 0.734. The summed E-state index contributed by atoms with van der Waals surface area (Å²) in [6.07, 6.45) is 3.83. The van der Waals surface area contributed by atoms with E-state index in [1.54, 1.807) is 18.2 Å². The van der Waals surface area contributed by atoms with Gasteiger partial charge in [0.2, 0.25) is 5.91 Å². The summed E-state index contributed by atoms with van der Waals surface area (Å²) in [6, 6.07) is 12.8. The highest BCUT2D eigenvalue weighted by atomic mass is 35.5. The van der Waals surface area contributed by atoms with Crippen LogP contribution in [0.2, 0.25) is 5.02 Å². The average Bonchev–Trinajstić information content (AvgIpc) is 3.13. The maximum atomic E-state index is 12.4. The second kappa shape index (κ2) is 7.97. The number of nitrogens with one attached hydrogen (secondary N) is 1. The highest BCUT2D eigenvalue weighted by Gasteiger charge is 2.25. The molecule has 8 heteroatoms. The van der Waals surface area contributed by atoms with Gasteiger partial charge in [-0.1, -0.05) is 17.7 Å². The van der Waals surface area contributed by atoms with Crippen molar-refractivity contribution in [3.63, 3.8) is 0 Å². The van der Waals surface area contributed by atoms with Crippen molar-refractivity contribution in [1.29, 1.82) is 5.26 Å². The Hall–Kier alpha value is -2.95. The van der Waals surface area contributed by atoms with Crippen LogP contribution in [0.5, 0.6) is 0 Å². The third-order valence-corrected chi connectivity index (χ3v) is 5.27. The molecule has 1 N–H and O–H groups in total. The molecule has 7 nitrogen and oxygen atoms in total. The number of hydrogen-bond acceptors (Lipinski definition) is 5. The summed E-state index contributed by atoms with van der Waals surface area (Å²) in [7, 11) is 0. The summed E-state index contributed by atoms with van der Waals surface area (Å²) in [5.41, 5.74) is 1.70. The zero-order valence-electron chi connectivity index (χ0n) is 15.2. The number of piperidine rings is 1. The molecule has 28 heavy (non-hydrogen) atoms. The monoisotopic (exact) mass is 394 g/mol. The van der Waals surface area contributed by atoms with Gasteiger partial charge in [-0.3, -0.25) is 14.1 Å². The first-order chi connectivity index (χ1) is 13.6. The number of fused-ring (bicyclic) bond motifs is 1. The van der Waals surface area contributed by atoms with Gasteiger partial charge in [-0.05, 0) is 56.3 Å². The number of nitrogens with zero attached hydrogens (tertiary/aromatic N) is 5. The minimum Gasteiger partial charge on any atom is -0.324 e. The molecule has 1 saturated heterocycles. The largest absolute Gasteiger partial charge is 0.324 e. The first-order valence-electron chi connectivity index (χ1n) is 9.15. The molecule has 0 aliphatic carbocycles. The number of carbonyl (C=O) groups is 1. The van der Waals surface area contributed by atoms with E-state index >= 15 is 0 Å². The maximum Gasteiger partial charge on any atom is 0.238 e. The van der Waals surface area contributed by atoms with Crippen LogP contribution in [0, 0.1) is 11.3 Å². The number of benzene rings is 1. The van der Waals surface area contributed by atoms with E-state index in [1.165, 1.54) is 0 Å². The van der Waals surface area contributed by atoms with Gasteiger partial charge in [0.15, 0.2) is 5.65 Å². The third-order valence-electron chi connectivity index (χ3n) is 5.04. The van der Waals surface area contributed by atoms with Crippen LogP contribution in [0.4, 0.5) is 5.69 Å². The Kier molecular flexibility index (Phi) is 5.24. The first-order valence-corrected chi connectivity index (χ1v) is 9.53. The molecule has 1 amide bonds. The average molecular weight is 395 g/mol. The number of halogens is 1. The second-order valence-corrected chi connectivity index (χ2v) is 7.32. The van der Waals surface area contributed by atoms with Crippen LogP contribution in [0.3, 0.4) is 0 Å². The Labute approximate surface area is 167 Å². The fourth-order valence-corrected chi connectivity index (χ4v) is 3.77. The molecule has 0 saturated carbocycles. The molecular formula is C20H19ClN6O. The van der Waals surface area contributed by atoms with Crippen molar-refractivity contribution >= 4 is 28.8 Å². The normalized spacial score (nSPS) is 15.4. The number of nitriles is 1. The van der Waals surface area contributed by atoms with Gasteiger partial charge in [-0.2, -0.15) is 5.26 Å². The van der Waals surface area contributed by atoms with Gasteiger partial charge < -0.3 is 5.32 Å². The van der Waals surface area contributed by atoms with E-state index in [1.807, 2.05) is 28.8 Å². The van der Waals surface area contributed by atoms with E-state index in [-0.39, 0.29) is 12.5 Å². The van der Waals surface area contributed by atoms with Crippen LogP contribution in [-0.4, -0.2) is 45.0 Å². The van der Waals surface area contributed by atoms with Crippen molar-refractivity contribution in [2.75, 3.05) is 25.0 Å². The van der Waals surface area contributed by atoms with E-state index in [0.29, 0.717) is 22.2 Å². The van der Waals surface area contributed by atoms with Crippen molar-refractivity contribution in [3.05, 3.63) is 59.0 Å². The van der Waals surface area contributed by atoms with Gasteiger partial charge in [0.1, 0.15) is 11.9 Å². The zero-order chi connectivity index (χ0) is 19.5. The van der Waals surface area contributed by atoms with Crippen LogP contribution in [0.25, 0.3) is 5.65 Å². The number of amides is 1. The van der Waals surface area contributed by atoms with Crippen LogP contribution < -0.4 is 5.32 Å². The molecule has 3 heterocycles. The molecule has 1 aliphatic heterocycles. The lowest BCUT2D eigenvalue weighted by Gasteiger charge is -2.30. The van der Waals surface area contributed by atoms with Crippen molar-refractivity contribution < 1.29 is 4.79 Å². The number of pyridine rings is 1. The van der Waals surface area contributed by atoms with Gasteiger partial charge in [0, 0.05) is 17.1 Å². The minimum atomic E-state index is -0.148. The number of hydrogen-bond donors (Lipinski definition) is 1. The number of carbonyl (C=O) groups excluding carboxylic acids is 1. The van der Waals surface area contributed by atoms with Crippen LogP contribution in [-0.2, 0) is 4.79 Å². The molecule has 4 rings (SSSR count). The summed E-state index contributed by atoms with van der Waals surface area (Å²) in [6.45, 7) is 1.89. The van der Waals surface area contributed by atoms with Gasteiger partial charge in [-0.25, -0.2) is 0 Å². The predicted octanol–water partition coefficient (Wildman–Crippen LogP) is 3.07. The first kappa shape index (κ1) is 18.4. The Morgan fingerprint density at radius 2 is 2.07 bits per heavy atom. The number of anilines is 1. The van der Waals surface area contributed by atoms with Crippen molar-refractivity contribution in [3.8, 4) is 6.07 Å². The van der Waals surface area contributed by atoms with Gasteiger partial charge in [-0.15, -0.1) is 10.2 Å². The second-order valence-electron chi connectivity index (χ2n) is 6.89. The lowest BCUT2D eigenvalue weighted by molar-refractivity contribution is -0.117. The van der Waals surface area contributed by atoms with Crippen LogP contribution in [0.15, 0.2) is 42.6 Å². The molecule has 0 spiro atoms. The molecule has 1 fully saturated rings. The molecule has 2 aromatic heterocycles. The Balaban J connectivity index is 1.35. The van der Waals surface area contributed by atoms with Gasteiger partial charge >= 0.3 is 0 Å². The predicted molar refractivity (Wildman–Crippen MR) is 106 cm³/mol. The topological polar surface area (TPSA) is 86.3 Å². The summed E-state index contributed by atoms with van der Waals surface area (Å²) in [5.74, 6) is 1.16. The Morgan fingerprint density at radius 1 is 1.25 bits per heavy atom. The molecule has 0 unspecified atom stereocenters. The van der Waals surface area contributed by atoms with Crippen molar-refractivity contribution in [1.82, 2.24) is 19.5 Å². The molecule has 0 radical (unpaired) electrons. The molecule has 142 valence electrons. The smallest absolute Gasteiger partial charge is 0.238 e. The maximum absolute atomic E-state index is 12.4. The number of aromatic nitrogens is 3. The highest BCUT2D eigenvalue weighted by molar-refractivity contribution is 6.31. The molecule has 1 aliphatic rings. The molecule has 1 aromatic carbocycles. The number of rotatable bonds is 4. The molecule has 3 aromatic rings. The van der Waals surface area contributed by atoms with Crippen molar-refractivity contribution in [2.24, 2.45) is 0 Å². The lowest BCUT2D eigenvalue weighted by atomic mass is 9.96. The van der Waals surface area contributed by atoms with E-state index in [2.05, 4.69) is 26.5 Å². The van der Waals surface area contributed by atoms with Gasteiger partial charge in [0.25, 0.3) is 0 Å². The fraction of sp³-hybridized carbons (Fsp3) is 0.300. The minimum absolute atomic E-state index is 0.148. The molecular weight excluding hydrogens is 376 g/mol. The van der Waals surface area contributed by atoms with Crippen LogP contribution >= 0.6 is 11.6 Å². The zero-order valence-corrected chi connectivity index (χ0v) is 15.9. The number of likely N-dealkylation sites (tertiary alicyclic amines) is 1. The van der Waals surface area contributed by atoms with Crippen molar-refractivity contribution in [2.45, 2.75) is 18.8 Å². The Morgan fingerprint density at radius 3 is 2.86 bits per heavy atom. The molecule has 0 bridgehead atoms. The summed E-state index contributed by atoms with van der Waals surface area (Å²) < 4.78 is 2.04. The summed E-state index contributed by atoms with van der Waals surface area (Å²) in [4.78, 5) is 14.5. The molecule has 0 atom stereocenters. The third kappa shape index (κ3) is 3.84. The standard InChI is InChI=1S/C20H19ClN6O/c21-16-5-4-15(12-22)17(11-16)23-19(28)13-26-9-6-14(7-10-26)20-25-24-18-3-1-2-8-27(18)20/h1-5,8,11,14H,6-7,9-10,13H2,(H,23,28). The highest BCUT2D eigenvalue weighted by Crippen LogP contribution is 2.27. The van der Waals surface area contributed by atoms with Crippen LogP contribution in [0.1, 0.15) is 30.1 Å². The van der Waals surface area contributed by atoms with Gasteiger partial charge in [0.05, 0.1) is 17.8 Å².